The number of rotatable bonds is 4. The van der Waals surface area contributed by atoms with E-state index in [1.165, 1.54) is 19.1 Å². The topological polar surface area (TPSA) is 76.2 Å². The molecule has 0 aromatic carbocycles. The largest absolute Gasteiger partial charge is 0.459 e. The number of furan rings is 1. The summed E-state index contributed by atoms with van der Waals surface area (Å²) in [5.74, 6) is 0.0752. The van der Waals surface area contributed by atoms with Crippen molar-refractivity contribution in [2.24, 2.45) is 0 Å². The summed E-state index contributed by atoms with van der Waals surface area (Å²) >= 11 is 0. The molecule has 2 aromatic rings. The second kappa shape index (κ2) is 5.81. The minimum atomic E-state index is -0.234. The molecule has 3 atom stereocenters. The Balaban J connectivity index is 1.37. The molecule has 2 bridgehead atoms. The minimum Gasteiger partial charge on any atom is -0.459 e. The number of carbonyl (C=O) groups is 1. The first-order valence-electron chi connectivity index (χ1n) is 8.15. The van der Waals surface area contributed by atoms with Crippen LogP contribution >= 0.6 is 0 Å². The molecule has 122 valence electrons. The van der Waals surface area contributed by atoms with Crippen LogP contribution in [-0.4, -0.2) is 44.9 Å². The van der Waals surface area contributed by atoms with E-state index in [1.54, 1.807) is 12.1 Å². The third-order valence-corrected chi connectivity index (χ3v) is 5.18. The van der Waals surface area contributed by atoms with Crippen LogP contribution in [0.1, 0.15) is 48.0 Å². The maximum atomic E-state index is 11.9. The molecule has 2 aliphatic rings. The summed E-state index contributed by atoms with van der Waals surface area (Å²) < 4.78 is 7.05. The van der Waals surface area contributed by atoms with E-state index in [0.717, 1.165) is 18.5 Å². The average molecular weight is 315 g/mol. The van der Waals surface area contributed by atoms with Crippen molar-refractivity contribution in [3.8, 4) is 0 Å². The van der Waals surface area contributed by atoms with Gasteiger partial charge in [-0.3, -0.25) is 4.79 Å². The summed E-state index contributed by atoms with van der Waals surface area (Å²) in [6, 6.07) is 5.10. The number of nitrogens with zero attached hydrogens (tertiary/aromatic N) is 4. The van der Waals surface area contributed by atoms with Gasteiger partial charge in [0.15, 0.2) is 5.76 Å². The smallest absolute Gasteiger partial charge is 0.287 e. The van der Waals surface area contributed by atoms with E-state index in [9.17, 15) is 4.79 Å². The Hall–Kier alpha value is -2.15. The van der Waals surface area contributed by atoms with Crippen LogP contribution in [0.2, 0.25) is 0 Å². The number of hydrogen-bond acceptors (Lipinski definition) is 5. The molecule has 2 aliphatic heterocycles. The Bertz CT molecular complexity index is 666. The summed E-state index contributed by atoms with van der Waals surface area (Å²) in [4.78, 5) is 14.4. The van der Waals surface area contributed by atoms with Gasteiger partial charge in [0.05, 0.1) is 25.0 Å². The quantitative estimate of drug-likeness (QED) is 0.927. The number of fused-ring (bicyclic) bond motifs is 2. The molecule has 1 amide bonds. The summed E-state index contributed by atoms with van der Waals surface area (Å²) in [5.41, 5.74) is 0.774. The Morgan fingerprint density at radius 3 is 2.83 bits per heavy atom. The molecule has 0 saturated carbocycles. The van der Waals surface area contributed by atoms with Gasteiger partial charge in [0.2, 0.25) is 0 Å². The number of amides is 1. The molecule has 2 saturated heterocycles. The molecule has 2 fully saturated rings. The molecule has 4 rings (SSSR count). The van der Waals surface area contributed by atoms with Crippen LogP contribution in [0.15, 0.2) is 29.0 Å². The normalized spacial score (nSPS) is 27.3. The van der Waals surface area contributed by atoms with E-state index < -0.39 is 0 Å². The second-order valence-electron chi connectivity index (χ2n) is 6.53. The lowest BCUT2D eigenvalue weighted by Gasteiger charge is -2.36. The third-order valence-electron chi connectivity index (χ3n) is 5.18. The van der Waals surface area contributed by atoms with Crippen LogP contribution in [0.5, 0.6) is 0 Å². The highest BCUT2D eigenvalue weighted by atomic mass is 16.3. The Morgan fingerprint density at radius 2 is 2.13 bits per heavy atom. The highest BCUT2D eigenvalue weighted by Crippen LogP contribution is 2.39. The van der Waals surface area contributed by atoms with Crippen LogP contribution < -0.4 is 5.32 Å². The predicted octanol–water partition coefficient (Wildman–Crippen LogP) is 1.60. The second-order valence-corrected chi connectivity index (χ2v) is 6.53. The summed E-state index contributed by atoms with van der Waals surface area (Å²) in [7, 11) is 2.23. The first-order chi connectivity index (χ1) is 11.2. The lowest BCUT2D eigenvalue weighted by atomic mass is 9.98. The number of hydrogen-bond donors (Lipinski definition) is 1. The molecule has 7 nitrogen and oxygen atoms in total. The summed E-state index contributed by atoms with van der Waals surface area (Å²) in [6.07, 6.45) is 8.29. The van der Waals surface area contributed by atoms with Crippen molar-refractivity contribution in [2.75, 3.05) is 7.05 Å². The fourth-order valence-corrected chi connectivity index (χ4v) is 3.84. The van der Waals surface area contributed by atoms with Gasteiger partial charge in [0, 0.05) is 12.1 Å². The van der Waals surface area contributed by atoms with Crippen molar-refractivity contribution in [3.05, 3.63) is 36.0 Å². The van der Waals surface area contributed by atoms with E-state index in [1.807, 2.05) is 10.9 Å². The van der Waals surface area contributed by atoms with Gasteiger partial charge >= 0.3 is 0 Å². The van der Waals surface area contributed by atoms with Crippen molar-refractivity contribution < 1.29 is 9.21 Å². The van der Waals surface area contributed by atoms with E-state index >= 15 is 0 Å². The third kappa shape index (κ3) is 2.76. The molecule has 23 heavy (non-hydrogen) atoms. The zero-order valence-corrected chi connectivity index (χ0v) is 13.2. The lowest BCUT2D eigenvalue weighted by molar-refractivity contribution is 0.0922. The molecular weight excluding hydrogens is 294 g/mol. The molecule has 0 spiro atoms. The molecule has 4 heterocycles. The molecule has 0 aliphatic carbocycles. The monoisotopic (exact) mass is 315 g/mol. The van der Waals surface area contributed by atoms with Crippen molar-refractivity contribution in [2.45, 2.75) is 50.4 Å². The van der Waals surface area contributed by atoms with E-state index in [0.29, 0.717) is 30.4 Å². The van der Waals surface area contributed by atoms with Gasteiger partial charge < -0.3 is 14.6 Å². The van der Waals surface area contributed by atoms with E-state index in [-0.39, 0.29) is 5.91 Å². The fraction of sp³-hybridized carbons (Fsp3) is 0.562. The van der Waals surface area contributed by atoms with Crippen molar-refractivity contribution >= 4 is 5.91 Å². The van der Waals surface area contributed by atoms with E-state index in [2.05, 4.69) is 27.6 Å². The highest BCUT2D eigenvalue weighted by Gasteiger charge is 2.39. The first kappa shape index (κ1) is 14.4. The predicted molar refractivity (Wildman–Crippen MR) is 82.7 cm³/mol. The summed E-state index contributed by atoms with van der Waals surface area (Å²) in [6.45, 7) is 0.360. The van der Waals surface area contributed by atoms with Crippen LogP contribution in [0.25, 0.3) is 0 Å². The van der Waals surface area contributed by atoms with Crippen LogP contribution in [0.3, 0.4) is 0 Å². The Labute approximate surface area is 134 Å². The van der Waals surface area contributed by atoms with Gasteiger partial charge in [-0.05, 0) is 44.9 Å². The first-order valence-corrected chi connectivity index (χ1v) is 8.15. The van der Waals surface area contributed by atoms with Crippen molar-refractivity contribution in [1.82, 2.24) is 25.2 Å². The molecule has 2 aromatic heterocycles. The molecule has 7 heteroatoms. The van der Waals surface area contributed by atoms with Gasteiger partial charge in [-0.15, -0.1) is 5.10 Å². The fourth-order valence-electron chi connectivity index (χ4n) is 3.84. The van der Waals surface area contributed by atoms with Gasteiger partial charge in [0.1, 0.15) is 5.69 Å². The minimum absolute atomic E-state index is 0.234. The lowest BCUT2D eigenvalue weighted by Crippen LogP contribution is -2.40. The standard InChI is InChI=1S/C16H21N5O2/c1-20-12-4-5-13(20)8-14(7-12)21-10-11(18-19-21)9-17-16(22)15-3-2-6-23-15/h2-3,6,10,12-14H,4-5,7-9H2,1H3,(H,17,22)/t12-,13+,14?. The van der Waals surface area contributed by atoms with Gasteiger partial charge in [-0.25, -0.2) is 4.68 Å². The maximum absolute atomic E-state index is 11.9. The van der Waals surface area contributed by atoms with Crippen LogP contribution in [0.4, 0.5) is 0 Å². The maximum Gasteiger partial charge on any atom is 0.287 e. The average Bonchev–Trinajstić information content (AvgIpc) is 3.26. The van der Waals surface area contributed by atoms with Gasteiger partial charge in [0.25, 0.3) is 5.91 Å². The summed E-state index contributed by atoms with van der Waals surface area (Å²) in [5, 5.41) is 11.3. The molecule has 0 radical (unpaired) electrons. The Kier molecular flexibility index (Phi) is 3.65. The van der Waals surface area contributed by atoms with E-state index in [4.69, 9.17) is 4.42 Å². The molecule has 1 unspecified atom stereocenters. The zero-order chi connectivity index (χ0) is 15.8. The van der Waals surface area contributed by atoms with Gasteiger partial charge in [-0.1, -0.05) is 5.21 Å². The SMILES string of the molecule is CN1[C@@H]2CC[C@H]1CC(n1cc(CNC(=O)c3ccco3)nn1)C2. The number of aromatic nitrogens is 3. The van der Waals surface area contributed by atoms with Crippen molar-refractivity contribution in [1.29, 1.82) is 0 Å². The highest BCUT2D eigenvalue weighted by molar-refractivity contribution is 5.91. The Morgan fingerprint density at radius 1 is 1.35 bits per heavy atom. The van der Waals surface area contributed by atoms with Crippen LogP contribution in [0, 0.1) is 0 Å². The molecule has 1 N–H and O–H groups in total. The number of nitrogens with one attached hydrogen (secondary N) is 1. The van der Waals surface area contributed by atoms with Crippen LogP contribution in [-0.2, 0) is 6.54 Å². The molecular formula is C16H21N5O2. The number of carbonyl (C=O) groups excluding carboxylic acids is 1. The zero-order valence-electron chi connectivity index (χ0n) is 13.2. The van der Waals surface area contributed by atoms with Gasteiger partial charge in [-0.2, -0.15) is 0 Å². The van der Waals surface area contributed by atoms with Crippen molar-refractivity contribution in [3.63, 3.8) is 0 Å². The number of piperidine rings is 1.